The molecule has 0 aliphatic rings. The van der Waals surface area contributed by atoms with Crippen LogP contribution >= 0.6 is 11.8 Å². The van der Waals surface area contributed by atoms with Gasteiger partial charge in [-0.05, 0) is 30.8 Å². The van der Waals surface area contributed by atoms with Crippen LogP contribution in [0.2, 0.25) is 0 Å². The molecule has 0 unspecified atom stereocenters. The molecular weight excluding hydrogens is 234 g/mol. The first-order valence-corrected chi connectivity index (χ1v) is 5.64. The molecule has 0 amide bonds. The highest BCUT2D eigenvalue weighted by Crippen LogP contribution is 2.27. The van der Waals surface area contributed by atoms with Crippen molar-refractivity contribution in [3.63, 3.8) is 0 Å². The second-order valence-corrected chi connectivity index (χ2v) is 4.27. The minimum Gasteiger partial charge on any atom is -0.396 e. The van der Waals surface area contributed by atoms with Crippen LogP contribution in [0.1, 0.15) is 11.3 Å². The Labute approximate surface area is 103 Å². The van der Waals surface area contributed by atoms with Gasteiger partial charge in [0, 0.05) is 18.1 Å². The Hall–Kier alpha value is -2.13. The molecule has 2 N–H and O–H groups in total. The Balaban J connectivity index is 2.28. The van der Waals surface area contributed by atoms with E-state index in [0.717, 1.165) is 5.69 Å². The molecule has 2 aromatic rings. The van der Waals surface area contributed by atoms with Crippen LogP contribution in [0.15, 0.2) is 34.7 Å². The lowest BCUT2D eigenvalue weighted by Crippen LogP contribution is -1.95. The summed E-state index contributed by atoms with van der Waals surface area (Å²) in [5, 5.41) is 9.90. The first kappa shape index (κ1) is 11.4. The SMILES string of the molecule is Cc1ccnc(Sc2ncc(C#N)cc2N)n1. The van der Waals surface area contributed by atoms with Gasteiger partial charge < -0.3 is 5.73 Å². The Morgan fingerprint density at radius 1 is 1.41 bits per heavy atom. The molecule has 0 bridgehead atoms. The topological polar surface area (TPSA) is 88.5 Å². The Morgan fingerprint density at radius 2 is 2.24 bits per heavy atom. The molecule has 6 heteroatoms. The summed E-state index contributed by atoms with van der Waals surface area (Å²) >= 11 is 1.28. The van der Waals surface area contributed by atoms with Crippen LogP contribution < -0.4 is 5.73 Å². The third-order valence-corrected chi connectivity index (χ3v) is 2.88. The highest BCUT2D eigenvalue weighted by molar-refractivity contribution is 7.99. The van der Waals surface area contributed by atoms with Gasteiger partial charge in [-0.2, -0.15) is 5.26 Å². The van der Waals surface area contributed by atoms with E-state index in [-0.39, 0.29) is 0 Å². The van der Waals surface area contributed by atoms with Crippen LogP contribution in [0, 0.1) is 18.3 Å². The fourth-order valence-corrected chi connectivity index (χ4v) is 1.94. The Morgan fingerprint density at radius 3 is 2.88 bits per heavy atom. The molecule has 0 aliphatic carbocycles. The standard InChI is InChI=1S/C11H9N5S/c1-7-2-3-14-11(16-7)17-10-9(13)4-8(5-12)6-15-10/h2-4,6H,13H2,1H3. The molecule has 84 valence electrons. The zero-order valence-electron chi connectivity index (χ0n) is 9.08. The lowest BCUT2D eigenvalue weighted by atomic mass is 10.3. The van der Waals surface area contributed by atoms with Gasteiger partial charge in [0.2, 0.25) is 0 Å². The molecule has 0 atom stereocenters. The van der Waals surface area contributed by atoms with Crippen molar-refractivity contribution in [1.82, 2.24) is 15.0 Å². The van der Waals surface area contributed by atoms with Gasteiger partial charge in [0.15, 0.2) is 5.16 Å². The maximum atomic E-state index is 8.70. The summed E-state index contributed by atoms with van der Waals surface area (Å²) in [7, 11) is 0. The largest absolute Gasteiger partial charge is 0.396 e. The van der Waals surface area contributed by atoms with Crippen molar-refractivity contribution in [2.24, 2.45) is 0 Å². The molecule has 0 radical (unpaired) electrons. The van der Waals surface area contributed by atoms with Crippen molar-refractivity contribution in [3.05, 3.63) is 35.8 Å². The van der Waals surface area contributed by atoms with Crippen molar-refractivity contribution in [3.8, 4) is 6.07 Å². The zero-order chi connectivity index (χ0) is 12.3. The minimum atomic E-state index is 0.442. The Bertz CT molecular complexity index is 591. The summed E-state index contributed by atoms with van der Waals surface area (Å²) < 4.78 is 0. The molecule has 2 aromatic heterocycles. The summed E-state index contributed by atoms with van der Waals surface area (Å²) in [6.07, 6.45) is 3.17. The first-order chi connectivity index (χ1) is 8.19. The maximum Gasteiger partial charge on any atom is 0.194 e. The summed E-state index contributed by atoms with van der Waals surface area (Å²) in [6.45, 7) is 1.89. The molecule has 0 spiro atoms. The van der Waals surface area contributed by atoms with Crippen LogP contribution in [-0.2, 0) is 0 Å². The molecule has 2 heterocycles. The number of aromatic nitrogens is 3. The van der Waals surface area contributed by atoms with Gasteiger partial charge in [-0.3, -0.25) is 0 Å². The number of rotatable bonds is 2. The number of nitriles is 1. The van der Waals surface area contributed by atoms with Crippen LogP contribution in [0.25, 0.3) is 0 Å². The monoisotopic (exact) mass is 243 g/mol. The van der Waals surface area contributed by atoms with Crippen molar-refractivity contribution >= 4 is 17.4 Å². The van der Waals surface area contributed by atoms with E-state index in [4.69, 9.17) is 11.0 Å². The van der Waals surface area contributed by atoms with Gasteiger partial charge in [-0.1, -0.05) is 0 Å². The molecule has 0 aliphatic heterocycles. The molecule has 0 aromatic carbocycles. The van der Waals surface area contributed by atoms with Gasteiger partial charge in [0.1, 0.15) is 11.1 Å². The summed E-state index contributed by atoms with van der Waals surface area (Å²) in [5.74, 6) is 0. The van der Waals surface area contributed by atoms with Gasteiger partial charge in [-0.25, -0.2) is 15.0 Å². The van der Waals surface area contributed by atoms with Crippen LogP contribution in [0.3, 0.4) is 0 Å². The molecule has 2 rings (SSSR count). The van der Waals surface area contributed by atoms with E-state index < -0.39 is 0 Å². The number of nitrogens with zero attached hydrogens (tertiary/aromatic N) is 4. The number of nitrogen functional groups attached to an aromatic ring is 1. The average Bonchev–Trinajstić information content (AvgIpc) is 2.32. The third-order valence-electron chi connectivity index (χ3n) is 1.97. The fourth-order valence-electron chi connectivity index (χ4n) is 1.18. The fraction of sp³-hybridized carbons (Fsp3) is 0.0909. The molecule has 17 heavy (non-hydrogen) atoms. The molecule has 0 saturated heterocycles. The molecule has 0 fully saturated rings. The average molecular weight is 243 g/mol. The van der Waals surface area contributed by atoms with Crippen LogP contribution in [0.4, 0.5) is 5.69 Å². The van der Waals surface area contributed by atoms with Gasteiger partial charge in [-0.15, -0.1) is 0 Å². The van der Waals surface area contributed by atoms with Crippen molar-refractivity contribution in [2.45, 2.75) is 17.1 Å². The van der Waals surface area contributed by atoms with Crippen molar-refractivity contribution in [2.75, 3.05) is 5.73 Å². The van der Waals surface area contributed by atoms with Crippen LogP contribution in [0.5, 0.6) is 0 Å². The van der Waals surface area contributed by atoms with E-state index in [1.54, 1.807) is 12.3 Å². The summed E-state index contributed by atoms with van der Waals surface area (Å²) in [5.41, 5.74) is 7.58. The third kappa shape index (κ3) is 2.71. The minimum absolute atomic E-state index is 0.442. The molecule has 5 nitrogen and oxygen atoms in total. The van der Waals surface area contributed by atoms with E-state index in [0.29, 0.717) is 21.4 Å². The highest BCUT2D eigenvalue weighted by atomic mass is 32.2. The van der Waals surface area contributed by atoms with E-state index in [2.05, 4.69) is 15.0 Å². The number of hydrogen-bond acceptors (Lipinski definition) is 6. The first-order valence-electron chi connectivity index (χ1n) is 4.82. The second kappa shape index (κ2) is 4.80. The number of pyridine rings is 1. The van der Waals surface area contributed by atoms with Crippen molar-refractivity contribution in [1.29, 1.82) is 5.26 Å². The normalized spacial score (nSPS) is 9.88. The van der Waals surface area contributed by atoms with E-state index in [1.165, 1.54) is 18.0 Å². The lowest BCUT2D eigenvalue weighted by Gasteiger charge is -2.03. The van der Waals surface area contributed by atoms with E-state index in [1.807, 2.05) is 19.1 Å². The smallest absolute Gasteiger partial charge is 0.194 e. The zero-order valence-corrected chi connectivity index (χ0v) is 9.90. The predicted molar refractivity (Wildman–Crippen MR) is 64.3 cm³/mol. The quantitative estimate of drug-likeness (QED) is 0.809. The van der Waals surface area contributed by atoms with E-state index >= 15 is 0 Å². The molecule has 0 saturated carbocycles. The summed E-state index contributed by atoms with van der Waals surface area (Å²) in [4.78, 5) is 12.5. The predicted octanol–water partition coefficient (Wildman–Crippen LogP) is 1.79. The van der Waals surface area contributed by atoms with Crippen molar-refractivity contribution < 1.29 is 0 Å². The lowest BCUT2D eigenvalue weighted by molar-refractivity contribution is 0.928. The number of aryl methyl sites for hydroxylation is 1. The van der Waals surface area contributed by atoms with Gasteiger partial charge >= 0.3 is 0 Å². The summed E-state index contributed by atoms with van der Waals surface area (Å²) in [6, 6.07) is 5.39. The van der Waals surface area contributed by atoms with Gasteiger partial charge in [0.25, 0.3) is 0 Å². The second-order valence-electron chi connectivity index (χ2n) is 3.31. The molecular formula is C11H9N5S. The number of anilines is 1. The van der Waals surface area contributed by atoms with E-state index in [9.17, 15) is 0 Å². The Kier molecular flexibility index (Phi) is 3.21. The van der Waals surface area contributed by atoms with Gasteiger partial charge in [0.05, 0.1) is 11.3 Å². The number of nitrogens with two attached hydrogens (primary N) is 1. The number of hydrogen-bond donors (Lipinski definition) is 1. The van der Waals surface area contributed by atoms with Crippen LogP contribution in [-0.4, -0.2) is 15.0 Å². The maximum absolute atomic E-state index is 8.70. The highest BCUT2D eigenvalue weighted by Gasteiger charge is 2.07.